The van der Waals surface area contributed by atoms with Crippen molar-refractivity contribution in [3.8, 4) is 16.9 Å². The van der Waals surface area contributed by atoms with Gasteiger partial charge in [-0.2, -0.15) is 0 Å². The Bertz CT molecular complexity index is 1660. The van der Waals surface area contributed by atoms with Crippen molar-refractivity contribution in [2.24, 2.45) is 0 Å². The summed E-state index contributed by atoms with van der Waals surface area (Å²) in [4.78, 5) is 13.4. The third-order valence-electron chi connectivity index (χ3n) is 6.49. The molecule has 0 fully saturated rings. The van der Waals surface area contributed by atoms with E-state index in [4.69, 9.17) is 0 Å². The van der Waals surface area contributed by atoms with E-state index in [1.54, 1.807) is 24.3 Å². The SMILES string of the molecule is Cc1ccccc1-c1ccc2ccc3c(C(=O)c4ccccc4O)ccc4ccc1c2c43. The van der Waals surface area contributed by atoms with Gasteiger partial charge in [-0.05, 0) is 74.1 Å². The molecule has 0 unspecified atom stereocenters. The molecule has 0 aromatic heterocycles. The van der Waals surface area contributed by atoms with Gasteiger partial charge in [0, 0.05) is 5.56 Å². The Kier molecular flexibility index (Phi) is 4.02. The maximum absolute atomic E-state index is 13.4. The van der Waals surface area contributed by atoms with E-state index in [9.17, 15) is 9.90 Å². The highest BCUT2D eigenvalue weighted by Crippen LogP contribution is 2.41. The summed E-state index contributed by atoms with van der Waals surface area (Å²) in [7, 11) is 0. The van der Waals surface area contributed by atoms with Crippen molar-refractivity contribution >= 4 is 38.1 Å². The van der Waals surface area contributed by atoms with Crippen LogP contribution in [0.5, 0.6) is 5.75 Å². The molecule has 2 heteroatoms. The van der Waals surface area contributed by atoms with Gasteiger partial charge in [-0.1, -0.05) is 78.9 Å². The van der Waals surface area contributed by atoms with E-state index in [0.29, 0.717) is 11.1 Å². The van der Waals surface area contributed by atoms with Crippen LogP contribution in [0.1, 0.15) is 21.5 Å². The van der Waals surface area contributed by atoms with Gasteiger partial charge < -0.3 is 5.11 Å². The van der Waals surface area contributed by atoms with Crippen LogP contribution in [0.2, 0.25) is 0 Å². The van der Waals surface area contributed by atoms with Gasteiger partial charge in [0.05, 0.1) is 5.56 Å². The molecule has 0 aliphatic heterocycles. The van der Waals surface area contributed by atoms with Crippen molar-refractivity contribution in [3.05, 3.63) is 114 Å². The lowest BCUT2D eigenvalue weighted by molar-refractivity contribution is 0.103. The van der Waals surface area contributed by atoms with Crippen LogP contribution in [-0.2, 0) is 0 Å². The Hall–Kier alpha value is -4.17. The minimum absolute atomic E-state index is 0.00466. The van der Waals surface area contributed by atoms with Gasteiger partial charge in [0.1, 0.15) is 5.75 Å². The van der Waals surface area contributed by atoms with Crippen molar-refractivity contribution < 1.29 is 9.90 Å². The molecule has 6 rings (SSSR count). The van der Waals surface area contributed by atoms with Crippen molar-refractivity contribution in [1.29, 1.82) is 0 Å². The van der Waals surface area contributed by atoms with Gasteiger partial charge in [-0.25, -0.2) is 0 Å². The third kappa shape index (κ3) is 2.63. The van der Waals surface area contributed by atoms with Crippen LogP contribution in [-0.4, -0.2) is 10.9 Å². The average molecular weight is 412 g/mol. The Morgan fingerprint density at radius 2 is 1.22 bits per heavy atom. The van der Waals surface area contributed by atoms with Crippen LogP contribution in [0, 0.1) is 6.92 Å². The maximum Gasteiger partial charge on any atom is 0.197 e. The van der Waals surface area contributed by atoms with E-state index in [0.717, 1.165) is 21.5 Å². The molecule has 0 aliphatic rings. The van der Waals surface area contributed by atoms with E-state index in [1.165, 1.54) is 27.5 Å². The van der Waals surface area contributed by atoms with E-state index < -0.39 is 0 Å². The maximum atomic E-state index is 13.4. The summed E-state index contributed by atoms with van der Waals surface area (Å²) in [6.45, 7) is 2.14. The summed E-state index contributed by atoms with van der Waals surface area (Å²) >= 11 is 0. The fraction of sp³-hybridized carbons (Fsp3) is 0.0333. The first-order valence-electron chi connectivity index (χ1n) is 10.7. The molecule has 0 aliphatic carbocycles. The van der Waals surface area contributed by atoms with E-state index in [-0.39, 0.29) is 11.5 Å². The highest BCUT2D eigenvalue weighted by Gasteiger charge is 2.19. The van der Waals surface area contributed by atoms with Gasteiger partial charge in [-0.3, -0.25) is 4.79 Å². The number of carbonyl (C=O) groups excluding carboxylic acids is 1. The summed E-state index contributed by atoms with van der Waals surface area (Å²) in [5, 5.41) is 16.9. The third-order valence-corrected chi connectivity index (χ3v) is 6.49. The highest BCUT2D eigenvalue weighted by molar-refractivity contribution is 6.30. The van der Waals surface area contributed by atoms with Crippen molar-refractivity contribution in [2.45, 2.75) is 6.92 Å². The van der Waals surface area contributed by atoms with Crippen LogP contribution in [0.15, 0.2) is 97.1 Å². The molecule has 0 atom stereocenters. The van der Waals surface area contributed by atoms with Crippen LogP contribution < -0.4 is 0 Å². The minimum Gasteiger partial charge on any atom is -0.507 e. The Balaban J connectivity index is 1.69. The number of hydrogen-bond acceptors (Lipinski definition) is 2. The minimum atomic E-state index is -0.167. The molecule has 0 spiro atoms. The fourth-order valence-electron chi connectivity index (χ4n) is 4.92. The van der Waals surface area contributed by atoms with Gasteiger partial charge in [0.15, 0.2) is 5.78 Å². The fourth-order valence-corrected chi connectivity index (χ4v) is 4.92. The standard InChI is InChI=1S/C30H20O2/c1-18-6-2-3-7-21(18)22-14-10-19-12-16-24-25(30(32)26-8-4-5-9-27(26)31)17-13-20-11-15-23(22)28(19)29(20)24/h2-17,31H,1H3. The molecule has 0 heterocycles. The average Bonchev–Trinajstić information content (AvgIpc) is 2.82. The number of phenols is 1. The number of hydrogen-bond donors (Lipinski definition) is 1. The molecule has 1 N–H and O–H groups in total. The first kappa shape index (κ1) is 18.6. The first-order valence-corrected chi connectivity index (χ1v) is 10.7. The number of rotatable bonds is 3. The van der Waals surface area contributed by atoms with Crippen LogP contribution in [0.3, 0.4) is 0 Å². The summed E-state index contributed by atoms with van der Waals surface area (Å²) in [6.07, 6.45) is 0. The molecule has 0 bridgehead atoms. The zero-order valence-corrected chi connectivity index (χ0v) is 17.6. The smallest absolute Gasteiger partial charge is 0.197 e. The summed E-state index contributed by atoms with van der Waals surface area (Å²) < 4.78 is 0. The van der Waals surface area contributed by atoms with E-state index >= 15 is 0 Å². The Morgan fingerprint density at radius 1 is 0.594 bits per heavy atom. The Labute approximate surface area is 185 Å². The lowest BCUT2D eigenvalue weighted by Crippen LogP contribution is -2.03. The lowest BCUT2D eigenvalue weighted by atomic mass is 9.86. The molecule has 32 heavy (non-hydrogen) atoms. The lowest BCUT2D eigenvalue weighted by Gasteiger charge is -2.17. The monoisotopic (exact) mass is 412 g/mol. The molecule has 6 aromatic carbocycles. The molecule has 0 saturated carbocycles. The van der Waals surface area contributed by atoms with Gasteiger partial charge in [0.2, 0.25) is 0 Å². The van der Waals surface area contributed by atoms with Crippen molar-refractivity contribution in [1.82, 2.24) is 0 Å². The number of aryl methyl sites for hydroxylation is 1. The predicted molar refractivity (Wildman–Crippen MR) is 132 cm³/mol. The predicted octanol–water partition coefficient (Wildman–Crippen LogP) is 7.50. The van der Waals surface area contributed by atoms with Gasteiger partial charge in [0.25, 0.3) is 0 Å². The number of ketones is 1. The molecule has 0 radical (unpaired) electrons. The summed E-state index contributed by atoms with van der Waals surface area (Å²) in [6, 6.07) is 31.9. The van der Waals surface area contributed by atoms with Crippen LogP contribution in [0.4, 0.5) is 0 Å². The topological polar surface area (TPSA) is 37.3 Å². The zero-order chi connectivity index (χ0) is 21.8. The van der Waals surface area contributed by atoms with E-state index in [1.807, 2.05) is 18.2 Å². The quantitative estimate of drug-likeness (QED) is 0.241. The summed E-state index contributed by atoms with van der Waals surface area (Å²) in [5.41, 5.74) is 4.58. The summed E-state index contributed by atoms with van der Waals surface area (Å²) in [5.74, 6) is -0.162. The van der Waals surface area contributed by atoms with Gasteiger partial charge >= 0.3 is 0 Å². The van der Waals surface area contributed by atoms with E-state index in [2.05, 4.69) is 61.5 Å². The van der Waals surface area contributed by atoms with Crippen LogP contribution in [0.25, 0.3) is 43.4 Å². The number of benzene rings is 6. The second kappa shape index (κ2) is 6.93. The highest BCUT2D eigenvalue weighted by atomic mass is 16.3. The zero-order valence-electron chi connectivity index (χ0n) is 17.6. The van der Waals surface area contributed by atoms with Crippen molar-refractivity contribution in [3.63, 3.8) is 0 Å². The second-order valence-corrected chi connectivity index (χ2v) is 8.31. The van der Waals surface area contributed by atoms with Crippen molar-refractivity contribution in [2.75, 3.05) is 0 Å². The molecular formula is C30H20O2. The largest absolute Gasteiger partial charge is 0.507 e. The number of carbonyl (C=O) groups is 1. The molecule has 2 nitrogen and oxygen atoms in total. The molecule has 6 aromatic rings. The first-order chi connectivity index (χ1) is 15.6. The molecule has 0 saturated heterocycles. The molecular weight excluding hydrogens is 392 g/mol. The molecule has 152 valence electrons. The number of aromatic hydroxyl groups is 1. The second-order valence-electron chi connectivity index (χ2n) is 8.31. The number of para-hydroxylation sites is 1. The van der Waals surface area contributed by atoms with Crippen LogP contribution >= 0.6 is 0 Å². The normalized spacial score (nSPS) is 11.5. The Morgan fingerprint density at radius 3 is 2.00 bits per heavy atom. The molecule has 0 amide bonds. The van der Waals surface area contributed by atoms with Gasteiger partial charge in [-0.15, -0.1) is 0 Å². The number of phenolic OH excluding ortho intramolecular Hbond substituents is 1.